The highest BCUT2D eigenvalue weighted by atomic mass is 32.2. The minimum Gasteiger partial charge on any atom is -0.445 e. The molecule has 1 aliphatic heterocycles. The summed E-state index contributed by atoms with van der Waals surface area (Å²) in [5.41, 5.74) is 5.88. The van der Waals surface area contributed by atoms with Crippen LogP contribution in [0.3, 0.4) is 0 Å². The third-order valence-corrected chi connectivity index (χ3v) is 8.57. The van der Waals surface area contributed by atoms with E-state index in [0.717, 1.165) is 39.1 Å². The average Bonchev–Trinajstić information content (AvgIpc) is 3.06. The van der Waals surface area contributed by atoms with Gasteiger partial charge in [-0.05, 0) is 52.1 Å². The van der Waals surface area contributed by atoms with Gasteiger partial charge in [-0.2, -0.15) is 0 Å². The summed E-state index contributed by atoms with van der Waals surface area (Å²) in [5, 5.41) is 12.3. The Bertz CT molecular complexity index is 1490. The zero-order valence-corrected chi connectivity index (χ0v) is 25.0. The van der Waals surface area contributed by atoms with E-state index in [0.29, 0.717) is 6.54 Å². The van der Waals surface area contributed by atoms with E-state index in [2.05, 4.69) is 61.3 Å². The number of aliphatic hydroxyl groups is 1. The largest absolute Gasteiger partial charge is 0.445 e. The number of rotatable bonds is 11. The lowest BCUT2D eigenvalue weighted by atomic mass is 9.91. The molecule has 222 valence electrons. The van der Waals surface area contributed by atoms with Gasteiger partial charge >= 0.3 is 6.09 Å². The number of benzene rings is 4. The summed E-state index contributed by atoms with van der Waals surface area (Å²) >= 11 is 1.79. The molecule has 6 nitrogen and oxygen atoms in total. The molecule has 0 aliphatic carbocycles. The standard InChI is InChI=1S/C36H37NO5S/c1-3-19-40-36(39)37-22-27-9-7-10-29(20-27)30-11-8-12-31(21-30)35-41-33(24-43-32-13-5-4-6-14-32)25(2)34(42-35)28-17-15-26(23-38)16-18-28/h3-18,20-21,25,33-35,38H,1,19,22-24H2,2H3,(H,37,39). The highest BCUT2D eigenvalue weighted by Crippen LogP contribution is 2.43. The maximum atomic E-state index is 11.9. The fourth-order valence-electron chi connectivity index (χ4n) is 5.09. The molecule has 43 heavy (non-hydrogen) atoms. The van der Waals surface area contributed by atoms with E-state index in [1.165, 1.54) is 11.0 Å². The molecule has 1 fully saturated rings. The number of ether oxygens (including phenoxy) is 3. The van der Waals surface area contributed by atoms with Crippen molar-refractivity contribution in [2.45, 2.75) is 43.5 Å². The minimum atomic E-state index is -0.551. The second kappa shape index (κ2) is 15.0. The summed E-state index contributed by atoms with van der Waals surface area (Å²) in [4.78, 5) is 13.1. The van der Waals surface area contributed by atoms with Crippen molar-refractivity contribution in [1.29, 1.82) is 0 Å². The lowest BCUT2D eigenvalue weighted by Crippen LogP contribution is -2.38. The monoisotopic (exact) mass is 595 g/mol. The Balaban J connectivity index is 1.37. The van der Waals surface area contributed by atoms with Crippen molar-refractivity contribution in [2.24, 2.45) is 5.92 Å². The maximum absolute atomic E-state index is 11.9. The summed E-state index contributed by atoms with van der Waals surface area (Å²) in [7, 11) is 0. The van der Waals surface area contributed by atoms with Crippen molar-refractivity contribution in [3.63, 3.8) is 0 Å². The smallest absolute Gasteiger partial charge is 0.407 e. The molecular weight excluding hydrogens is 558 g/mol. The molecule has 0 aromatic heterocycles. The lowest BCUT2D eigenvalue weighted by molar-refractivity contribution is -0.268. The molecule has 2 N–H and O–H groups in total. The van der Waals surface area contributed by atoms with Gasteiger partial charge in [0.15, 0.2) is 6.29 Å². The molecule has 4 atom stereocenters. The molecule has 0 radical (unpaired) electrons. The third-order valence-electron chi connectivity index (χ3n) is 7.47. The summed E-state index contributed by atoms with van der Waals surface area (Å²) in [6.07, 6.45) is 0.280. The van der Waals surface area contributed by atoms with Crippen LogP contribution in [0.25, 0.3) is 11.1 Å². The van der Waals surface area contributed by atoms with Gasteiger partial charge in [0.1, 0.15) is 6.61 Å². The maximum Gasteiger partial charge on any atom is 0.407 e. The normalized spacial score (nSPS) is 19.9. The van der Waals surface area contributed by atoms with Gasteiger partial charge in [0.2, 0.25) is 0 Å². The number of hydrogen-bond donors (Lipinski definition) is 2. The lowest BCUT2D eigenvalue weighted by Gasteiger charge is -2.41. The summed E-state index contributed by atoms with van der Waals surface area (Å²) in [6.45, 7) is 6.27. The van der Waals surface area contributed by atoms with Gasteiger partial charge in [0, 0.05) is 28.7 Å². The van der Waals surface area contributed by atoms with Crippen molar-refractivity contribution in [3.8, 4) is 11.1 Å². The number of amides is 1. The van der Waals surface area contributed by atoms with E-state index in [-0.39, 0.29) is 31.3 Å². The Labute approximate surface area is 257 Å². The van der Waals surface area contributed by atoms with E-state index >= 15 is 0 Å². The molecule has 0 bridgehead atoms. The molecule has 0 saturated carbocycles. The van der Waals surface area contributed by atoms with Crippen LogP contribution < -0.4 is 5.32 Å². The molecule has 4 unspecified atom stereocenters. The van der Waals surface area contributed by atoms with Crippen LogP contribution in [0.5, 0.6) is 0 Å². The molecule has 1 saturated heterocycles. The minimum absolute atomic E-state index is 0.00683. The van der Waals surface area contributed by atoms with Crippen molar-refractivity contribution >= 4 is 17.9 Å². The number of nitrogens with one attached hydrogen (secondary N) is 1. The van der Waals surface area contributed by atoms with Crippen LogP contribution in [-0.2, 0) is 27.4 Å². The van der Waals surface area contributed by atoms with Gasteiger partial charge in [-0.1, -0.05) is 98.4 Å². The van der Waals surface area contributed by atoms with Crippen LogP contribution in [-0.4, -0.2) is 29.7 Å². The second-order valence-corrected chi connectivity index (χ2v) is 11.6. The fraction of sp³-hybridized carbons (Fsp3) is 0.250. The van der Waals surface area contributed by atoms with Crippen molar-refractivity contribution in [3.05, 3.63) is 138 Å². The first-order chi connectivity index (χ1) is 21.0. The van der Waals surface area contributed by atoms with E-state index in [9.17, 15) is 9.90 Å². The Kier molecular flexibility index (Phi) is 10.7. The van der Waals surface area contributed by atoms with Gasteiger partial charge in [-0.3, -0.25) is 0 Å². The predicted octanol–water partition coefficient (Wildman–Crippen LogP) is 7.84. The number of aliphatic hydroxyl groups excluding tert-OH is 1. The first kappa shape index (κ1) is 30.6. The average molecular weight is 596 g/mol. The van der Waals surface area contributed by atoms with Crippen LogP contribution in [0.1, 0.15) is 41.6 Å². The number of thioether (sulfide) groups is 1. The van der Waals surface area contributed by atoms with E-state index in [1.807, 2.05) is 60.7 Å². The number of hydrogen-bond acceptors (Lipinski definition) is 6. The molecule has 4 aromatic carbocycles. The van der Waals surface area contributed by atoms with Crippen molar-refractivity contribution in [1.82, 2.24) is 5.32 Å². The van der Waals surface area contributed by atoms with Crippen LogP contribution in [0.15, 0.2) is 121 Å². The van der Waals surface area contributed by atoms with Crippen LogP contribution in [0.2, 0.25) is 0 Å². The van der Waals surface area contributed by atoms with Crippen molar-refractivity contribution < 1.29 is 24.1 Å². The number of carbonyl (C=O) groups is 1. The molecule has 1 aliphatic rings. The van der Waals surface area contributed by atoms with E-state index < -0.39 is 12.4 Å². The summed E-state index contributed by atoms with van der Waals surface area (Å²) in [6, 6.07) is 34.6. The predicted molar refractivity (Wildman–Crippen MR) is 170 cm³/mol. The van der Waals surface area contributed by atoms with Crippen LogP contribution in [0, 0.1) is 5.92 Å². The molecule has 1 amide bonds. The zero-order chi connectivity index (χ0) is 30.0. The highest BCUT2D eigenvalue weighted by Gasteiger charge is 2.38. The number of alkyl carbamates (subject to hydrolysis) is 1. The molecule has 1 heterocycles. The summed E-state index contributed by atoms with van der Waals surface area (Å²) in [5.74, 6) is 0.901. The Morgan fingerprint density at radius 2 is 1.65 bits per heavy atom. The fourth-order valence-corrected chi connectivity index (χ4v) is 6.18. The Morgan fingerprint density at radius 1 is 0.907 bits per heavy atom. The quantitative estimate of drug-likeness (QED) is 0.136. The Morgan fingerprint density at radius 3 is 2.40 bits per heavy atom. The van der Waals surface area contributed by atoms with Gasteiger partial charge in [0.25, 0.3) is 0 Å². The molecule has 5 rings (SSSR count). The first-order valence-corrected chi connectivity index (χ1v) is 15.4. The van der Waals surface area contributed by atoms with Crippen molar-refractivity contribution in [2.75, 3.05) is 12.4 Å². The second-order valence-electron chi connectivity index (χ2n) is 10.5. The molecular formula is C36H37NO5S. The van der Waals surface area contributed by atoms with Gasteiger partial charge in [0.05, 0.1) is 18.8 Å². The van der Waals surface area contributed by atoms with E-state index in [4.69, 9.17) is 14.2 Å². The van der Waals surface area contributed by atoms with Crippen LogP contribution in [0.4, 0.5) is 4.79 Å². The molecule has 7 heteroatoms. The topological polar surface area (TPSA) is 77.0 Å². The zero-order valence-electron chi connectivity index (χ0n) is 24.2. The summed E-state index contributed by atoms with van der Waals surface area (Å²) < 4.78 is 18.4. The van der Waals surface area contributed by atoms with Gasteiger partial charge < -0.3 is 24.6 Å². The van der Waals surface area contributed by atoms with Gasteiger partial charge in [-0.25, -0.2) is 4.79 Å². The van der Waals surface area contributed by atoms with Crippen LogP contribution >= 0.6 is 11.8 Å². The first-order valence-electron chi connectivity index (χ1n) is 14.4. The molecule has 0 spiro atoms. The Hall–Kier alpha value is -3.88. The highest BCUT2D eigenvalue weighted by molar-refractivity contribution is 7.99. The van der Waals surface area contributed by atoms with Gasteiger partial charge in [-0.15, -0.1) is 11.8 Å². The number of carbonyl (C=O) groups excluding carboxylic acids is 1. The third kappa shape index (κ3) is 8.15. The van der Waals surface area contributed by atoms with E-state index in [1.54, 1.807) is 11.8 Å². The SMILES string of the molecule is C=CCOC(=O)NCc1cccc(-c2cccc(C3OC(CSc4ccccc4)C(C)C(c4ccc(CO)cc4)O3)c2)c1. The molecule has 4 aromatic rings.